The number of fused-ring (bicyclic) bond motifs is 1. The van der Waals surface area contributed by atoms with Crippen LogP contribution in [0.2, 0.25) is 0 Å². The Morgan fingerprint density at radius 1 is 1.58 bits per heavy atom. The average molecular weight is 280 g/mol. The van der Waals surface area contributed by atoms with E-state index in [4.69, 9.17) is 4.74 Å². The minimum atomic E-state index is -0.687. The van der Waals surface area contributed by atoms with Gasteiger partial charge >= 0.3 is 0 Å². The predicted molar refractivity (Wildman–Crippen MR) is 75.6 cm³/mol. The summed E-state index contributed by atoms with van der Waals surface area (Å²) < 4.78 is 7.82. The molecule has 1 fully saturated rings. The monoisotopic (exact) mass is 280 g/mol. The molecule has 3 rings (SSSR count). The quantitative estimate of drug-likeness (QED) is 0.940. The van der Waals surface area contributed by atoms with Crippen molar-refractivity contribution in [3.63, 3.8) is 0 Å². The number of ether oxygens (including phenoxy) is 1. The van der Waals surface area contributed by atoms with Crippen LogP contribution in [0.15, 0.2) is 17.8 Å². The van der Waals surface area contributed by atoms with Gasteiger partial charge in [-0.3, -0.25) is 4.40 Å². The summed E-state index contributed by atoms with van der Waals surface area (Å²) in [5.41, 5.74) is 0.0756. The lowest BCUT2D eigenvalue weighted by atomic mass is 9.79. The molecule has 0 aromatic carbocycles. The van der Waals surface area contributed by atoms with Gasteiger partial charge < -0.3 is 9.84 Å². The highest BCUT2D eigenvalue weighted by atomic mass is 32.1. The summed E-state index contributed by atoms with van der Waals surface area (Å²) in [5.74, 6) is 0. The first-order valence-electron chi connectivity index (χ1n) is 6.79. The zero-order valence-electron chi connectivity index (χ0n) is 11.4. The smallest absolute Gasteiger partial charge is 0.193 e. The summed E-state index contributed by atoms with van der Waals surface area (Å²) in [5, 5.41) is 12.8. The van der Waals surface area contributed by atoms with Gasteiger partial charge in [-0.15, -0.1) is 11.3 Å². The molecular weight excluding hydrogens is 260 g/mol. The first kappa shape index (κ1) is 13.1. The first-order valence-corrected chi connectivity index (χ1v) is 7.67. The molecule has 1 saturated heterocycles. The van der Waals surface area contributed by atoms with Crippen molar-refractivity contribution in [2.45, 2.75) is 50.7 Å². The highest BCUT2D eigenvalue weighted by Crippen LogP contribution is 2.36. The average Bonchev–Trinajstić information content (AvgIpc) is 2.88. The number of hydrogen-bond acceptors (Lipinski definition) is 4. The molecule has 0 spiro atoms. The third-order valence-electron chi connectivity index (χ3n) is 4.12. The summed E-state index contributed by atoms with van der Waals surface area (Å²) in [6.45, 7) is 4.82. The van der Waals surface area contributed by atoms with Crippen molar-refractivity contribution in [1.82, 2.24) is 9.38 Å². The maximum Gasteiger partial charge on any atom is 0.193 e. The lowest BCUT2D eigenvalue weighted by Gasteiger charge is -2.43. The van der Waals surface area contributed by atoms with Crippen LogP contribution in [0, 0.1) is 0 Å². The summed E-state index contributed by atoms with van der Waals surface area (Å²) in [4.78, 5) is 5.56. The second-order valence-corrected chi connectivity index (χ2v) is 6.68. The van der Waals surface area contributed by atoms with Crippen LogP contribution in [0.25, 0.3) is 4.96 Å². The normalized spacial score (nSPS) is 31.9. The molecule has 5 heteroatoms. The van der Waals surface area contributed by atoms with Crippen molar-refractivity contribution in [2.24, 2.45) is 0 Å². The van der Waals surface area contributed by atoms with E-state index in [1.165, 1.54) is 0 Å². The topological polar surface area (TPSA) is 46.8 Å². The minimum absolute atomic E-state index is 0.204. The van der Waals surface area contributed by atoms with Gasteiger partial charge in [0.25, 0.3) is 0 Å². The largest absolute Gasteiger partial charge is 0.389 e. The van der Waals surface area contributed by atoms with Crippen molar-refractivity contribution in [3.05, 3.63) is 23.5 Å². The molecular formula is C14H20N2O2S. The number of aliphatic hydroxyl groups is 1. The summed E-state index contributed by atoms with van der Waals surface area (Å²) in [6, 6.07) is 0. The van der Waals surface area contributed by atoms with E-state index in [1.54, 1.807) is 11.3 Å². The Kier molecular flexibility index (Phi) is 3.15. The fraction of sp³-hybridized carbons (Fsp3) is 0.643. The van der Waals surface area contributed by atoms with Gasteiger partial charge in [-0.25, -0.2) is 4.98 Å². The van der Waals surface area contributed by atoms with E-state index < -0.39 is 5.60 Å². The van der Waals surface area contributed by atoms with Gasteiger partial charge in [-0.05, 0) is 13.3 Å². The van der Waals surface area contributed by atoms with E-state index in [0.717, 1.165) is 17.1 Å². The van der Waals surface area contributed by atoms with Gasteiger partial charge in [0.15, 0.2) is 4.96 Å². The summed E-state index contributed by atoms with van der Waals surface area (Å²) in [6.07, 6.45) is 6.92. The molecule has 0 aliphatic carbocycles. The zero-order chi connectivity index (χ0) is 13.5. The van der Waals surface area contributed by atoms with Gasteiger partial charge in [0, 0.05) is 37.0 Å². The molecule has 1 aliphatic heterocycles. The van der Waals surface area contributed by atoms with Gasteiger partial charge in [-0.2, -0.15) is 0 Å². The van der Waals surface area contributed by atoms with Crippen molar-refractivity contribution in [2.75, 3.05) is 6.61 Å². The summed E-state index contributed by atoms with van der Waals surface area (Å²) >= 11 is 1.62. The molecule has 0 amide bonds. The zero-order valence-corrected chi connectivity index (χ0v) is 12.2. The number of thiazole rings is 1. The third kappa shape index (κ3) is 2.55. The van der Waals surface area contributed by atoms with E-state index >= 15 is 0 Å². The Morgan fingerprint density at radius 2 is 2.42 bits per heavy atom. The molecule has 3 heterocycles. The number of rotatable bonds is 3. The Hall–Kier alpha value is -0.910. The van der Waals surface area contributed by atoms with Crippen LogP contribution in [0.4, 0.5) is 0 Å². The highest BCUT2D eigenvalue weighted by molar-refractivity contribution is 7.15. The van der Waals surface area contributed by atoms with Crippen LogP contribution in [-0.2, 0) is 11.2 Å². The van der Waals surface area contributed by atoms with Gasteiger partial charge in [-0.1, -0.05) is 6.92 Å². The Bertz CT molecular complexity index is 550. The van der Waals surface area contributed by atoms with Gasteiger partial charge in [0.2, 0.25) is 0 Å². The van der Waals surface area contributed by atoms with E-state index in [2.05, 4.69) is 18.8 Å². The second-order valence-electron chi connectivity index (χ2n) is 5.80. The molecule has 19 heavy (non-hydrogen) atoms. The van der Waals surface area contributed by atoms with Crippen LogP contribution < -0.4 is 0 Å². The molecule has 0 radical (unpaired) electrons. The van der Waals surface area contributed by atoms with Crippen LogP contribution in [0.1, 0.15) is 38.8 Å². The van der Waals surface area contributed by atoms with E-state index in [1.807, 2.05) is 22.2 Å². The maximum absolute atomic E-state index is 10.8. The molecule has 104 valence electrons. The molecule has 2 unspecified atom stereocenters. The SMILES string of the molecule is CCC1(C)CC(O)(Cc2cn3ccsc3n2)CCO1. The highest BCUT2D eigenvalue weighted by Gasteiger charge is 2.41. The van der Waals surface area contributed by atoms with E-state index in [9.17, 15) is 5.11 Å². The number of nitrogens with zero attached hydrogens (tertiary/aromatic N) is 2. The van der Waals surface area contributed by atoms with Crippen LogP contribution in [-0.4, -0.2) is 32.3 Å². The van der Waals surface area contributed by atoms with Crippen LogP contribution in [0.3, 0.4) is 0 Å². The molecule has 0 bridgehead atoms. The van der Waals surface area contributed by atoms with Crippen molar-refractivity contribution >= 4 is 16.3 Å². The summed E-state index contributed by atoms with van der Waals surface area (Å²) in [7, 11) is 0. The molecule has 4 nitrogen and oxygen atoms in total. The standard InChI is InChI=1S/C14H20N2O2S/c1-3-13(2)10-14(17,4-6-18-13)8-11-9-16-5-7-19-12(16)15-11/h5,7,9,17H,3-4,6,8,10H2,1-2H3. The molecule has 0 saturated carbocycles. The van der Waals surface area contributed by atoms with Crippen molar-refractivity contribution in [3.8, 4) is 0 Å². The van der Waals surface area contributed by atoms with E-state index in [-0.39, 0.29) is 5.60 Å². The molecule has 1 N–H and O–H groups in total. The molecule has 2 aromatic rings. The second kappa shape index (κ2) is 4.58. The van der Waals surface area contributed by atoms with Crippen LogP contribution >= 0.6 is 11.3 Å². The van der Waals surface area contributed by atoms with Crippen molar-refractivity contribution < 1.29 is 9.84 Å². The minimum Gasteiger partial charge on any atom is -0.389 e. The Morgan fingerprint density at radius 3 is 3.16 bits per heavy atom. The lowest BCUT2D eigenvalue weighted by molar-refractivity contribution is -0.153. The molecule has 2 aromatic heterocycles. The number of hydrogen-bond donors (Lipinski definition) is 1. The fourth-order valence-electron chi connectivity index (χ4n) is 2.90. The van der Waals surface area contributed by atoms with Gasteiger partial charge in [0.05, 0.1) is 23.5 Å². The van der Waals surface area contributed by atoms with Crippen LogP contribution in [0.5, 0.6) is 0 Å². The molecule has 1 aliphatic rings. The number of aromatic nitrogens is 2. The fourth-order valence-corrected chi connectivity index (χ4v) is 3.62. The lowest BCUT2D eigenvalue weighted by Crippen LogP contribution is -2.48. The van der Waals surface area contributed by atoms with Crippen molar-refractivity contribution in [1.29, 1.82) is 0 Å². The van der Waals surface area contributed by atoms with E-state index in [0.29, 0.717) is 25.9 Å². The maximum atomic E-state index is 10.8. The predicted octanol–water partition coefficient (Wildman–Crippen LogP) is 2.65. The molecule has 2 atom stereocenters. The first-order chi connectivity index (χ1) is 9.02. The Labute approximate surface area is 117 Å². The number of imidazole rings is 1. The third-order valence-corrected chi connectivity index (χ3v) is 4.89. The van der Waals surface area contributed by atoms with Gasteiger partial charge in [0.1, 0.15) is 0 Å². The Balaban J connectivity index is 1.79.